The van der Waals surface area contributed by atoms with Gasteiger partial charge in [-0.3, -0.25) is 9.59 Å². The summed E-state index contributed by atoms with van der Waals surface area (Å²) in [7, 11) is 1.63. The standard InChI is InChI=1S/C14H19NO4/c1-3-11-8-10(4-5-12(11)19-2)9-15-13(16)6-7-14(17)18/h4-5,8H,3,6-7,9H2,1-2H3,(H,15,16)(H,17,18). The fourth-order valence-corrected chi connectivity index (χ4v) is 1.73. The van der Waals surface area contributed by atoms with Crippen LogP contribution in [0.4, 0.5) is 0 Å². The summed E-state index contributed by atoms with van der Waals surface area (Å²) in [5.41, 5.74) is 2.06. The minimum atomic E-state index is -0.965. The molecule has 0 heterocycles. The van der Waals surface area contributed by atoms with Gasteiger partial charge in [0.25, 0.3) is 0 Å². The predicted molar refractivity (Wildman–Crippen MR) is 71.1 cm³/mol. The van der Waals surface area contributed by atoms with Crippen molar-refractivity contribution in [1.29, 1.82) is 0 Å². The van der Waals surface area contributed by atoms with Gasteiger partial charge in [0.05, 0.1) is 13.5 Å². The first-order valence-electron chi connectivity index (χ1n) is 6.21. The third-order valence-corrected chi connectivity index (χ3v) is 2.78. The zero-order chi connectivity index (χ0) is 14.3. The number of aryl methyl sites for hydroxylation is 1. The van der Waals surface area contributed by atoms with Crippen molar-refractivity contribution in [2.24, 2.45) is 0 Å². The van der Waals surface area contributed by atoms with E-state index in [4.69, 9.17) is 9.84 Å². The zero-order valence-corrected chi connectivity index (χ0v) is 11.2. The van der Waals surface area contributed by atoms with Crippen molar-refractivity contribution >= 4 is 11.9 Å². The molecule has 0 bridgehead atoms. The molecule has 0 saturated heterocycles. The number of carbonyl (C=O) groups excluding carboxylic acids is 1. The lowest BCUT2D eigenvalue weighted by atomic mass is 10.1. The summed E-state index contributed by atoms with van der Waals surface area (Å²) >= 11 is 0. The third kappa shape index (κ3) is 4.99. The lowest BCUT2D eigenvalue weighted by Gasteiger charge is -2.10. The predicted octanol–water partition coefficient (Wildman–Crippen LogP) is 1.74. The molecule has 0 atom stereocenters. The van der Waals surface area contributed by atoms with Gasteiger partial charge in [0.15, 0.2) is 0 Å². The Bertz CT molecular complexity index is 457. The second-order valence-corrected chi connectivity index (χ2v) is 4.17. The van der Waals surface area contributed by atoms with Gasteiger partial charge >= 0.3 is 5.97 Å². The Kier molecular flexibility index (Phi) is 5.85. The van der Waals surface area contributed by atoms with Crippen LogP contribution in [0.1, 0.15) is 30.9 Å². The summed E-state index contributed by atoms with van der Waals surface area (Å²) in [4.78, 5) is 21.7. The molecule has 0 unspecified atom stereocenters. The van der Waals surface area contributed by atoms with Gasteiger partial charge in [-0.2, -0.15) is 0 Å². The molecule has 1 rings (SSSR count). The Labute approximate surface area is 112 Å². The van der Waals surface area contributed by atoms with Crippen LogP contribution in [0.25, 0.3) is 0 Å². The maximum absolute atomic E-state index is 11.4. The molecule has 1 aromatic rings. The Morgan fingerprint density at radius 2 is 2.05 bits per heavy atom. The van der Waals surface area contributed by atoms with E-state index in [1.807, 2.05) is 25.1 Å². The zero-order valence-electron chi connectivity index (χ0n) is 11.2. The van der Waals surface area contributed by atoms with Gasteiger partial charge in [0.2, 0.25) is 5.91 Å². The van der Waals surface area contributed by atoms with Crippen LogP contribution in [0.15, 0.2) is 18.2 Å². The second kappa shape index (κ2) is 7.41. The number of carbonyl (C=O) groups is 2. The monoisotopic (exact) mass is 265 g/mol. The maximum Gasteiger partial charge on any atom is 0.303 e. The molecule has 0 aliphatic rings. The fraction of sp³-hybridized carbons (Fsp3) is 0.429. The first-order valence-corrected chi connectivity index (χ1v) is 6.21. The molecule has 5 heteroatoms. The molecule has 19 heavy (non-hydrogen) atoms. The average Bonchev–Trinajstić information content (AvgIpc) is 2.42. The number of carboxylic acid groups (broad SMARTS) is 1. The molecule has 0 radical (unpaired) electrons. The number of nitrogens with one attached hydrogen (secondary N) is 1. The Morgan fingerprint density at radius 3 is 2.63 bits per heavy atom. The molecule has 5 nitrogen and oxygen atoms in total. The highest BCUT2D eigenvalue weighted by molar-refractivity contribution is 5.80. The fourth-order valence-electron chi connectivity index (χ4n) is 1.73. The Hall–Kier alpha value is -2.04. The van der Waals surface area contributed by atoms with E-state index in [0.29, 0.717) is 6.54 Å². The van der Waals surface area contributed by atoms with E-state index in [-0.39, 0.29) is 18.7 Å². The van der Waals surface area contributed by atoms with Crippen LogP contribution in [0.3, 0.4) is 0 Å². The van der Waals surface area contributed by atoms with Gasteiger partial charge in [0.1, 0.15) is 5.75 Å². The molecular weight excluding hydrogens is 246 g/mol. The van der Waals surface area contributed by atoms with Crippen LogP contribution in [-0.4, -0.2) is 24.1 Å². The molecule has 2 N–H and O–H groups in total. The van der Waals surface area contributed by atoms with Crippen LogP contribution in [0.5, 0.6) is 5.75 Å². The van der Waals surface area contributed by atoms with Crippen LogP contribution >= 0.6 is 0 Å². The van der Waals surface area contributed by atoms with E-state index >= 15 is 0 Å². The maximum atomic E-state index is 11.4. The van der Waals surface area contributed by atoms with Gasteiger partial charge in [0, 0.05) is 13.0 Å². The molecular formula is C14H19NO4. The minimum absolute atomic E-state index is 0.00607. The summed E-state index contributed by atoms with van der Waals surface area (Å²) in [5.74, 6) is -0.382. The van der Waals surface area contributed by atoms with Crippen molar-refractivity contribution in [2.45, 2.75) is 32.7 Å². The summed E-state index contributed by atoms with van der Waals surface area (Å²) in [5, 5.41) is 11.2. The second-order valence-electron chi connectivity index (χ2n) is 4.17. The molecule has 0 spiro atoms. The molecule has 0 aliphatic heterocycles. The van der Waals surface area contributed by atoms with Gasteiger partial charge < -0.3 is 15.2 Å². The molecule has 1 aromatic carbocycles. The lowest BCUT2D eigenvalue weighted by molar-refractivity contribution is -0.138. The SMILES string of the molecule is CCc1cc(CNC(=O)CCC(=O)O)ccc1OC. The number of aliphatic carboxylic acids is 1. The number of rotatable bonds is 7. The Balaban J connectivity index is 2.53. The van der Waals surface area contributed by atoms with Crippen molar-refractivity contribution < 1.29 is 19.4 Å². The van der Waals surface area contributed by atoms with Crippen LogP contribution < -0.4 is 10.1 Å². The van der Waals surface area contributed by atoms with Crippen molar-refractivity contribution in [3.8, 4) is 5.75 Å². The lowest BCUT2D eigenvalue weighted by Crippen LogP contribution is -2.23. The average molecular weight is 265 g/mol. The number of hydrogen-bond donors (Lipinski definition) is 2. The van der Waals surface area contributed by atoms with E-state index in [1.165, 1.54) is 0 Å². The molecule has 0 saturated carbocycles. The third-order valence-electron chi connectivity index (χ3n) is 2.78. The highest BCUT2D eigenvalue weighted by Crippen LogP contribution is 2.20. The normalized spacial score (nSPS) is 10.0. The van der Waals surface area contributed by atoms with Gasteiger partial charge in [-0.25, -0.2) is 0 Å². The number of benzene rings is 1. The van der Waals surface area contributed by atoms with E-state index in [9.17, 15) is 9.59 Å². The van der Waals surface area contributed by atoms with E-state index in [0.717, 1.165) is 23.3 Å². The smallest absolute Gasteiger partial charge is 0.303 e. The van der Waals surface area contributed by atoms with Crippen LogP contribution in [0.2, 0.25) is 0 Å². The van der Waals surface area contributed by atoms with Crippen LogP contribution in [-0.2, 0) is 22.6 Å². The van der Waals surface area contributed by atoms with Crippen molar-refractivity contribution in [3.63, 3.8) is 0 Å². The summed E-state index contributed by atoms with van der Waals surface area (Å²) < 4.78 is 5.23. The van der Waals surface area contributed by atoms with Crippen molar-refractivity contribution in [1.82, 2.24) is 5.32 Å². The Morgan fingerprint density at radius 1 is 1.32 bits per heavy atom. The number of ether oxygens (including phenoxy) is 1. The molecule has 104 valence electrons. The number of methoxy groups -OCH3 is 1. The highest BCUT2D eigenvalue weighted by atomic mass is 16.5. The summed E-state index contributed by atoms with van der Waals surface area (Å²) in [6.45, 7) is 2.43. The molecule has 0 aromatic heterocycles. The topological polar surface area (TPSA) is 75.6 Å². The number of carboxylic acids is 1. The highest BCUT2D eigenvalue weighted by Gasteiger charge is 2.06. The minimum Gasteiger partial charge on any atom is -0.496 e. The van der Waals surface area contributed by atoms with E-state index in [2.05, 4.69) is 5.32 Å². The van der Waals surface area contributed by atoms with Gasteiger partial charge in [-0.15, -0.1) is 0 Å². The largest absolute Gasteiger partial charge is 0.496 e. The van der Waals surface area contributed by atoms with Gasteiger partial charge in [-0.1, -0.05) is 19.1 Å². The number of hydrogen-bond acceptors (Lipinski definition) is 3. The summed E-state index contributed by atoms with van der Waals surface area (Å²) in [6, 6.07) is 5.74. The van der Waals surface area contributed by atoms with E-state index < -0.39 is 5.97 Å². The quantitative estimate of drug-likeness (QED) is 0.787. The van der Waals surface area contributed by atoms with Crippen LogP contribution in [0, 0.1) is 0 Å². The molecule has 0 fully saturated rings. The van der Waals surface area contributed by atoms with Gasteiger partial charge in [-0.05, 0) is 23.6 Å². The van der Waals surface area contributed by atoms with E-state index in [1.54, 1.807) is 7.11 Å². The number of amides is 1. The molecule has 1 amide bonds. The first-order chi connectivity index (χ1) is 9.06. The first kappa shape index (κ1) is 15.0. The van der Waals surface area contributed by atoms with Crippen molar-refractivity contribution in [3.05, 3.63) is 29.3 Å². The van der Waals surface area contributed by atoms with Crippen molar-refractivity contribution in [2.75, 3.05) is 7.11 Å². The molecule has 0 aliphatic carbocycles. The summed E-state index contributed by atoms with van der Waals surface area (Å²) in [6.07, 6.45) is 0.713.